The highest BCUT2D eigenvalue weighted by atomic mass is 15.1. The van der Waals surface area contributed by atoms with Gasteiger partial charge in [0.05, 0.1) is 11.0 Å². The van der Waals surface area contributed by atoms with Gasteiger partial charge >= 0.3 is 0 Å². The van der Waals surface area contributed by atoms with Crippen LogP contribution in [0.1, 0.15) is 25.0 Å². The van der Waals surface area contributed by atoms with Crippen LogP contribution in [0.2, 0.25) is 0 Å². The molecule has 0 N–H and O–H groups in total. The summed E-state index contributed by atoms with van der Waals surface area (Å²) in [5, 5.41) is 5.08. The van der Waals surface area contributed by atoms with Crippen LogP contribution in [0.15, 0.2) is 206 Å². The van der Waals surface area contributed by atoms with Crippen molar-refractivity contribution in [1.29, 1.82) is 0 Å². The molecule has 2 heteroatoms. The molecule has 0 saturated heterocycles. The van der Waals surface area contributed by atoms with Crippen LogP contribution in [0.5, 0.6) is 0 Å². The van der Waals surface area contributed by atoms with Crippen molar-refractivity contribution in [3.63, 3.8) is 0 Å². The fourth-order valence-electron chi connectivity index (χ4n) is 9.44. The predicted molar refractivity (Wildman–Crippen MR) is 241 cm³/mol. The first kappa shape index (κ1) is 33.2. The van der Waals surface area contributed by atoms with Gasteiger partial charge in [0.1, 0.15) is 0 Å². The molecule has 1 heterocycles. The molecular weight excluding hydrogens is 689 g/mol. The van der Waals surface area contributed by atoms with Crippen molar-refractivity contribution in [3.05, 3.63) is 217 Å². The molecule has 57 heavy (non-hydrogen) atoms. The second kappa shape index (κ2) is 13.0. The Morgan fingerprint density at radius 1 is 0.368 bits per heavy atom. The van der Waals surface area contributed by atoms with E-state index in [4.69, 9.17) is 0 Å². The summed E-state index contributed by atoms with van der Waals surface area (Å²) >= 11 is 0. The van der Waals surface area contributed by atoms with Crippen LogP contribution in [-0.4, -0.2) is 4.57 Å². The number of anilines is 3. The maximum Gasteiger partial charge on any atom is 0.0561 e. The molecule has 1 aliphatic carbocycles. The molecular formula is C55H40N2. The number of benzene rings is 9. The molecule has 0 unspecified atom stereocenters. The Labute approximate surface area is 333 Å². The van der Waals surface area contributed by atoms with Gasteiger partial charge in [0.25, 0.3) is 0 Å². The SMILES string of the molecule is CC1(C)c2ccccc2-c2c1ccc1c(-c3ccc(N(c4ccc(-c5ccccc5)cc4)c4ccc5c6ccccc6n(-c6ccccc6)c5c4)cc3)cccc21. The van der Waals surface area contributed by atoms with Crippen LogP contribution in [0.3, 0.4) is 0 Å². The van der Waals surface area contributed by atoms with Crippen LogP contribution in [-0.2, 0) is 5.41 Å². The van der Waals surface area contributed by atoms with Crippen LogP contribution >= 0.6 is 0 Å². The molecule has 2 nitrogen and oxygen atoms in total. The predicted octanol–water partition coefficient (Wildman–Crippen LogP) is 15.0. The molecule has 11 rings (SSSR count). The summed E-state index contributed by atoms with van der Waals surface area (Å²) in [6, 6.07) is 75.5. The zero-order valence-electron chi connectivity index (χ0n) is 32.0. The normalized spacial score (nSPS) is 12.9. The summed E-state index contributed by atoms with van der Waals surface area (Å²) in [6.45, 7) is 4.71. The van der Waals surface area contributed by atoms with Crippen LogP contribution in [0.4, 0.5) is 17.1 Å². The molecule has 0 spiro atoms. The van der Waals surface area contributed by atoms with Crippen LogP contribution < -0.4 is 4.90 Å². The van der Waals surface area contributed by atoms with Crippen LogP contribution in [0.25, 0.3) is 71.6 Å². The molecule has 0 saturated carbocycles. The summed E-state index contributed by atoms with van der Waals surface area (Å²) in [5.74, 6) is 0. The number of fused-ring (bicyclic) bond motifs is 8. The molecule has 1 aliphatic rings. The fourth-order valence-corrected chi connectivity index (χ4v) is 9.44. The Bertz CT molecular complexity index is 3120. The largest absolute Gasteiger partial charge is 0.310 e. The summed E-state index contributed by atoms with van der Waals surface area (Å²) in [6.07, 6.45) is 0. The lowest BCUT2D eigenvalue weighted by molar-refractivity contribution is 0.661. The van der Waals surface area contributed by atoms with E-state index in [0.29, 0.717) is 0 Å². The Morgan fingerprint density at radius 3 is 1.70 bits per heavy atom. The van der Waals surface area contributed by atoms with Gasteiger partial charge < -0.3 is 9.47 Å². The summed E-state index contributed by atoms with van der Waals surface area (Å²) in [7, 11) is 0. The van der Waals surface area contributed by atoms with E-state index in [1.165, 1.54) is 77.1 Å². The van der Waals surface area contributed by atoms with E-state index in [-0.39, 0.29) is 5.41 Å². The lowest BCUT2D eigenvalue weighted by Crippen LogP contribution is -2.14. The van der Waals surface area contributed by atoms with Crippen molar-refractivity contribution >= 4 is 49.6 Å². The van der Waals surface area contributed by atoms with E-state index >= 15 is 0 Å². The van der Waals surface area contributed by atoms with Gasteiger partial charge in [-0.15, -0.1) is 0 Å². The van der Waals surface area contributed by atoms with Crippen molar-refractivity contribution in [2.75, 3.05) is 4.90 Å². The van der Waals surface area contributed by atoms with Gasteiger partial charge in [-0.05, 0) is 110 Å². The lowest BCUT2D eigenvalue weighted by Gasteiger charge is -2.26. The van der Waals surface area contributed by atoms with Gasteiger partial charge in [-0.25, -0.2) is 0 Å². The molecule has 0 bridgehead atoms. The molecule has 10 aromatic rings. The maximum absolute atomic E-state index is 2.39. The molecule has 9 aromatic carbocycles. The third-order valence-electron chi connectivity index (χ3n) is 12.2. The van der Waals surface area contributed by atoms with Crippen molar-refractivity contribution in [1.82, 2.24) is 4.57 Å². The van der Waals surface area contributed by atoms with E-state index in [1.54, 1.807) is 0 Å². The smallest absolute Gasteiger partial charge is 0.0561 e. The number of hydrogen-bond acceptors (Lipinski definition) is 1. The highest BCUT2D eigenvalue weighted by Crippen LogP contribution is 2.52. The molecule has 270 valence electrons. The van der Waals surface area contributed by atoms with Gasteiger partial charge in [0, 0.05) is 38.9 Å². The zero-order chi connectivity index (χ0) is 38.1. The molecule has 0 atom stereocenters. The Morgan fingerprint density at radius 2 is 0.930 bits per heavy atom. The first-order valence-corrected chi connectivity index (χ1v) is 19.9. The molecule has 0 amide bonds. The van der Waals surface area contributed by atoms with Gasteiger partial charge in [0.2, 0.25) is 0 Å². The molecule has 1 aromatic heterocycles. The lowest BCUT2D eigenvalue weighted by atomic mass is 9.82. The van der Waals surface area contributed by atoms with Gasteiger partial charge in [-0.1, -0.05) is 166 Å². The highest BCUT2D eigenvalue weighted by molar-refractivity contribution is 6.11. The van der Waals surface area contributed by atoms with Crippen molar-refractivity contribution in [2.24, 2.45) is 0 Å². The van der Waals surface area contributed by atoms with Crippen molar-refractivity contribution in [3.8, 4) is 39.1 Å². The van der Waals surface area contributed by atoms with Gasteiger partial charge in [-0.3, -0.25) is 0 Å². The quantitative estimate of drug-likeness (QED) is 0.165. The Hall–Kier alpha value is -7.16. The molecule has 0 aliphatic heterocycles. The summed E-state index contributed by atoms with van der Waals surface area (Å²) in [5.41, 5.74) is 17.2. The first-order valence-electron chi connectivity index (χ1n) is 19.9. The Balaban J connectivity index is 1.06. The summed E-state index contributed by atoms with van der Waals surface area (Å²) in [4.78, 5) is 2.39. The average Bonchev–Trinajstić information content (AvgIpc) is 3.73. The molecule has 0 radical (unpaired) electrons. The second-order valence-corrected chi connectivity index (χ2v) is 15.7. The number of hydrogen-bond donors (Lipinski definition) is 0. The van der Waals surface area contributed by atoms with E-state index in [0.717, 1.165) is 22.7 Å². The standard InChI is InChI=1S/C55H40N2/c1-55(2)50-22-11-9-19-49(50)54-48-21-13-20-44(45(48)34-35-51(54)55)39-26-30-42(31-27-39)56(41-28-24-38(25-29-41)37-14-5-3-6-15-37)43-32-33-47-46-18-10-12-23-52(46)57(53(47)36-43)40-16-7-4-8-17-40/h3-36H,1-2H3. The van der Waals surface area contributed by atoms with Gasteiger partial charge in [-0.2, -0.15) is 0 Å². The third kappa shape index (κ3) is 5.25. The minimum absolute atomic E-state index is 0.0288. The maximum atomic E-state index is 2.39. The first-order chi connectivity index (χ1) is 28.0. The number of rotatable bonds is 6. The zero-order valence-corrected chi connectivity index (χ0v) is 32.0. The Kier molecular flexibility index (Phi) is 7.55. The van der Waals surface area contributed by atoms with E-state index in [9.17, 15) is 0 Å². The van der Waals surface area contributed by atoms with E-state index in [1.807, 2.05) is 0 Å². The van der Waals surface area contributed by atoms with Crippen molar-refractivity contribution in [2.45, 2.75) is 19.3 Å². The monoisotopic (exact) mass is 728 g/mol. The van der Waals surface area contributed by atoms with E-state index in [2.05, 4.69) is 230 Å². The average molecular weight is 729 g/mol. The number of para-hydroxylation sites is 2. The van der Waals surface area contributed by atoms with Gasteiger partial charge in [0.15, 0.2) is 0 Å². The minimum atomic E-state index is -0.0288. The highest BCUT2D eigenvalue weighted by Gasteiger charge is 2.36. The summed E-state index contributed by atoms with van der Waals surface area (Å²) < 4.78 is 2.39. The topological polar surface area (TPSA) is 8.17 Å². The third-order valence-corrected chi connectivity index (χ3v) is 12.2. The number of aromatic nitrogens is 1. The number of nitrogens with zero attached hydrogens (tertiary/aromatic N) is 2. The minimum Gasteiger partial charge on any atom is -0.310 e. The van der Waals surface area contributed by atoms with E-state index < -0.39 is 0 Å². The molecule has 0 fully saturated rings. The van der Waals surface area contributed by atoms with Crippen LogP contribution in [0, 0.1) is 0 Å². The fraction of sp³-hybridized carbons (Fsp3) is 0.0545. The second-order valence-electron chi connectivity index (χ2n) is 15.7. The van der Waals surface area contributed by atoms with Crippen molar-refractivity contribution < 1.29 is 0 Å².